The highest BCUT2D eigenvalue weighted by atomic mass is 28.3. The van der Waals surface area contributed by atoms with Crippen LogP contribution in [0.4, 0.5) is 0 Å². The van der Waals surface area contributed by atoms with Gasteiger partial charge in [0.25, 0.3) is 0 Å². The van der Waals surface area contributed by atoms with Crippen LogP contribution in [0.2, 0.25) is 18.6 Å². The van der Waals surface area contributed by atoms with E-state index in [2.05, 4.69) is 81.5 Å². The van der Waals surface area contributed by atoms with Gasteiger partial charge >= 0.3 is 0 Å². The topological polar surface area (TPSA) is 0 Å². The quantitative estimate of drug-likeness (QED) is 0.682. The van der Waals surface area contributed by atoms with Crippen molar-refractivity contribution in [2.24, 2.45) is 0 Å². The minimum atomic E-state index is -1.36. The molecule has 20 heavy (non-hydrogen) atoms. The predicted molar refractivity (Wildman–Crippen MR) is 92.5 cm³/mol. The molecule has 106 valence electrons. The van der Waals surface area contributed by atoms with Gasteiger partial charge in [0.2, 0.25) is 0 Å². The first-order chi connectivity index (χ1) is 9.50. The van der Waals surface area contributed by atoms with Crippen molar-refractivity contribution in [2.75, 3.05) is 0 Å². The molecule has 2 aromatic carbocycles. The fraction of sp³-hybridized carbons (Fsp3) is 0.368. The van der Waals surface area contributed by atoms with E-state index in [-0.39, 0.29) is 0 Å². The highest BCUT2D eigenvalue weighted by Crippen LogP contribution is 2.26. The molecule has 0 heterocycles. The highest BCUT2D eigenvalue weighted by molar-refractivity contribution is 6.90. The van der Waals surface area contributed by atoms with Gasteiger partial charge in [-0.05, 0) is 30.9 Å². The van der Waals surface area contributed by atoms with Crippen LogP contribution in [-0.4, -0.2) is 8.07 Å². The number of aryl methyl sites for hydroxylation is 2. The Kier molecular flexibility index (Phi) is 4.82. The molecule has 0 aromatic heterocycles. The van der Waals surface area contributed by atoms with Gasteiger partial charge in [-0.25, -0.2) is 0 Å². The first-order valence-corrected chi connectivity index (χ1v) is 10.7. The number of hydrogen-bond donors (Lipinski definition) is 0. The summed E-state index contributed by atoms with van der Waals surface area (Å²) in [5, 5.41) is 1.59. The van der Waals surface area contributed by atoms with Crippen LogP contribution >= 0.6 is 0 Å². The Morgan fingerprint density at radius 2 is 1.50 bits per heavy atom. The Labute approximate surface area is 124 Å². The van der Waals surface area contributed by atoms with Crippen molar-refractivity contribution < 1.29 is 0 Å². The fourth-order valence-electron chi connectivity index (χ4n) is 2.66. The van der Waals surface area contributed by atoms with Crippen molar-refractivity contribution in [3.63, 3.8) is 0 Å². The molecule has 0 saturated carbocycles. The third kappa shape index (κ3) is 3.60. The van der Waals surface area contributed by atoms with Crippen LogP contribution in [0.15, 0.2) is 54.6 Å². The summed E-state index contributed by atoms with van der Waals surface area (Å²) in [7, 11) is -1.36. The fourth-order valence-corrected chi connectivity index (χ4v) is 5.12. The first kappa shape index (κ1) is 15.1. The van der Waals surface area contributed by atoms with Crippen LogP contribution in [0.3, 0.4) is 0 Å². The van der Waals surface area contributed by atoms with Gasteiger partial charge in [-0.3, -0.25) is 0 Å². The summed E-state index contributed by atoms with van der Waals surface area (Å²) in [5.74, 6) is 0. The summed E-state index contributed by atoms with van der Waals surface area (Å²) >= 11 is 0. The lowest BCUT2D eigenvalue weighted by Gasteiger charge is -2.30. The van der Waals surface area contributed by atoms with E-state index in [4.69, 9.17) is 0 Å². The van der Waals surface area contributed by atoms with E-state index in [1.165, 1.54) is 24.0 Å². The van der Waals surface area contributed by atoms with E-state index >= 15 is 0 Å². The van der Waals surface area contributed by atoms with Crippen molar-refractivity contribution in [3.05, 3.63) is 65.7 Å². The summed E-state index contributed by atoms with van der Waals surface area (Å²) in [4.78, 5) is 0. The average Bonchev–Trinajstić information content (AvgIpc) is 2.46. The predicted octanol–water partition coefficient (Wildman–Crippen LogP) is 4.93. The Bertz CT molecular complexity index is 525. The number of benzene rings is 2. The molecular formula is C19H26Si. The molecule has 0 aliphatic carbocycles. The van der Waals surface area contributed by atoms with Crippen LogP contribution in [0.1, 0.15) is 24.5 Å². The van der Waals surface area contributed by atoms with Gasteiger partial charge in [0, 0.05) is 0 Å². The Balaban J connectivity index is 2.03. The maximum absolute atomic E-state index is 2.51. The maximum Gasteiger partial charge on any atom is 0.0834 e. The van der Waals surface area contributed by atoms with E-state index in [0.717, 1.165) is 5.54 Å². The minimum Gasteiger partial charge on any atom is -0.0652 e. The molecule has 0 saturated heterocycles. The largest absolute Gasteiger partial charge is 0.0834 e. The molecule has 1 heteroatoms. The van der Waals surface area contributed by atoms with E-state index in [1.54, 1.807) is 5.19 Å². The Hall–Kier alpha value is -1.34. The first-order valence-electron chi connectivity index (χ1n) is 7.61. The minimum absolute atomic E-state index is 0.797. The van der Waals surface area contributed by atoms with Gasteiger partial charge in [0.1, 0.15) is 0 Å². The van der Waals surface area contributed by atoms with Gasteiger partial charge in [-0.15, -0.1) is 0 Å². The second-order valence-electron chi connectivity index (χ2n) is 6.51. The van der Waals surface area contributed by atoms with Crippen molar-refractivity contribution in [2.45, 2.75) is 45.3 Å². The van der Waals surface area contributed by atoms with Gasteiger partial charge in [-0.2, -0.15) is 0 Å². The monoisotopic (exact) mass is 282 g/mol. The molecule has 0 spiro atoms. The molecule has 2 rings (SSSR count). The van der Waals surface area contributed by atoms with Crippen LogP contribution in [0.25, 0.3) is 0 Å². The molecule has 0 radical (unpaired) electrons. The summed E-state index contributed by atoms with van der Waals surface area (Å²) in [5.41, 5.74) is 3.62. The van der Waals surface area contributed by atoms with Crippen LogP contribution in [0, 0.1) is 6.92 Å². The number of rotatable bonds is 5. The van der Waals surface area contributed by atoms with Crippen molar-refractivity contribution in [1.82, 2.24) is 0 Å². The lowest BCUT2D eigenvalue weighted by atomic mass is 10.1. The van der Waals surface area contributed by atoms with Crippen LogP contribution in [0.5, 0.6) is 0 Å². The van der Waals surface area contributed by atoms with E-state index < -0.39 is 8.07 Å². The lowest BCUT2D eigenvalue weighted by molar-refractivity contribution is 0.770. The van der Waals surface area contributed by atoms with Crippen LogP contribution in [-0.2, 0) is 6.42 Å². The number of hydrogen-bond acceptors (Lipinski definition) is 0. The summed E-state index contributed by atoms with van der Waals surface area (Å²) in [6.45, 7) is 9.62. The second-order valence-corrected chi connectivity index (χ2v) is 11.5. The standard InChI is InChI=1S/C19H26Si/c1-16-10-14-19(15-11-16)20(3,4)17(2)12-13-18-8-6-5-7-9-18/h5-11,14-15,17H,12-13H2,1-4H3. The van der Waals surface area contributed by atoms with Crippen molar-refractivity contribution in [3.8, 4) is 0 Å². The second kappa shape index (κ2) is 6.40. The van der Waals surface area contributed by atoms with E-state index in [9.17, 15) is 0 Å². The highest BCUT2D eigenvalue weighted by Gasteiger charge is 2.29. The Morgan fingerprint density at radius 1 is 0.900 bits per heavy atom. The van der Waals surface area contributed by atoms with Gasteiger partial charge in [-0.1, -0.05) is 85.4 Å². The molecule has 1 unspecified atom stereocenters. The molecule has 0 fully saturated rings. The molecule has 0 aliphatic rings. The Morgan fingerprint density at radius 3 is 2.10 bits per heavy atom. The summed E-state index contributed by atoms with van der Waals surface area (Å²) < 4.78 is 0. The molecular weight excluding hydrogens is 256 g/mol. The molecule has 0 N–H and O–H groups in total. The summed E-state index contributed by atoms with van der Waals surface area (Å²) in [6, 6.07) is 20.1. The molecule has 1 atom stereocenters. The third-order valence-electron chi connectivity index (χ3n) is 4.74. The zero-order chi connectivity index (χ0) is 14.6. The lowest BCUT2D eigenvalue weighted by Crippen LogP contribution is -2.45. The average molecular weight is 283 g/mol. The van der Waals surface area contributed by atoms with Crippen molar-refractivity contribution >= 4 is 13.3 Å². The van der Waals surface area contributed by atoms with Gasteiger partial charge in [0.05, 0.1) is 8.07 Å². The van der Waals surface area contributed by atoms with Crippen LogP contribution < -0.4 is 5.19 Å². The van der Waals surface area contributed by atoms with Gasteiger partial charge in [0.15, 0.2) is 0 Å². The molecule has 0 amide bonds. The third-order valence-corrected chi connectivity index (χ3v) is 9.31. The van der Waals surface area contributed by atoms with E-state index in [0.29, 0.717) is 0 Å². The zero-order valence-corrected chi connectivity index (χ0v) is 14.2. The molecule has 0 bridgehead atoms. The van der Waals surface area contributed by atoms with Gasteiger partial charge < -0.3 is 0 Å². The molecule has 0 nitrogen and oxygen atoms in total. The zero-order valence-electron chi connectivity index (χ0n) is 13.2. The van der Waals surface area contributed by atoms with E-state index in [1.807, 2.05) is 0 Å². The molecule has 0 aliphatic heterocycles. The normalized spacial score (nSPS) is 13.2. The maximum atomic E-state index is 2.51. The smallest absolute Gasteiger partial charge is 0.0652 e. The van der Waals surface area contributed by atoms with Crippen molar-refractivity contribution in [1.29, 1.82) is 0 Å². The SMILES string of the molecule is Cc1ccc([Si](C)(C)C(C)CCc2ccccc2)cc1. The molecule has 2 aromatic rings. The summed E-state index contributed by atoms with van der Waals surface area (Å²) in [6.07, 6.45) is 2.49.